The summed E-state index contributed by atoms with van der Waals surface area (Å²) in [4.78, 5) is 18.7. The van der Waals surface area contributed by atoms with Crippen molar-refractivity contribution in [2.75, 3.05) is 11.4 Å². The summed E-state index contributed by atoms with van der Waals surface area (Å²) in [6.45, 7) is 2.44. The molecule has 0 N–H and O–H groups in total. The molecule has 1 unspecified atom stereocenters. The van der Waals surface area contributed by atoms with Crippen molar-refractivity contribution in [2.24, 2.45) is 0 Å². The SMILES string of the molecule is Cc1ccc(Cl)cc1N1CC(c2nc(-c3cccc(Cl)c3)no2)CC1=O. The Kier molecular flexibility index (Phi) is 4.42. The largest absolute Gasteiger partial charge is 0.339 e. The number of nitrogens with zero attached hydrogens (tertiary/aromatic N) is 3. The second-order valence-corrected chi connectivity index (χ2v) is 7.18. The van der Waals surface area contributed by atoms with Crippen LogP contribution in [0.4, 0.5) is 5.69 Å². The Hall–Kier alpha value is -2.37. The lowest BCUT2D eigenvalue weighted by Gasteiger charge is -2.18. The fourth-order valence-electron chi connectivity index (χ4n) is 3.13. The van der Waals surface area contributed by atoms with Gasteiger partial charge in [-0.15, -0.1) is 0 Å². The van der Waals surface area contributed by atoms with Gasteiger partial charge in [-0.2, -0.15) is 4.98 Å². The summed E-state index contributed by atoms with van der Waals surface area (Å²) in [5, 5.41) is 5.23. The number of hydrogen-bond acceptors (Lipinski definition) is 4. The third kappa shape index (κ3) is 3.20. The van der Waals surface area contributed by atoms with E-state index in [0.29, 0.717) is 34.7 Å². The summed E-state index contributed by atoms with van der Waals surface area (Å²) in [5.41, 5.74) is 2.59. The van der Waals surface area contributed by atoms with Crippen LogP contribution in [0.25, 0.3) is 11.4 Å². The monoisotopic (exact) mass is 387 g/mol. The second-order valence-electron chi connectivity index (χ2n) is 6.30. The standard InChI is InChI=1S/C19H15Cl2N3O2/c1-11-5-6-15(21)9-16(11)24-10-13(8-17(24)25)19-22-18(23-26-19)12-3-2-4-14(20)7-12/h2-7,9,13H,8,10H2,1H3. The molecule has 3 aromatic rings. The lowest BCUT2D eigenvalue weighted by atomic mass is 10.1. The van der Waals surface area contributed by atoms with E-state index in [9.17, 15) is 4.79 Å². The van der Waals surface area contributed by atoms with Crippen LogP contribution in [0.2, 0.25) is 10.0 Å². The molecule has 26 heavy (non-hydrogen) atoms. The number of amides is 1. The lowest BCUT2D eigenvalue weighted by Crippen LogP contribution is -2.25. The van der Waals surface area contributed by atoms with Gasteiger partial charge in [0.2, 0.25) is 17.6 Å². The molecule has 0 bridgehead atoms. The first kappa shape index (κ1) is 17.1. The highest BCUT2D eigenvalue weighted by atomic mass is 35.5. The van der Waals surface area contributed by atoms with Crippen LogP contribution in [0.15, 0.2) is 47.0 Å². The zero-order valence-electron chi connectivity index (χ0n) is 13.9. The maximum Gasteiger partial charge on any atom is 0.232 e. The Bertz CT molecular complexity index is 986. The Morgan fingerprint density at radius 1 is 1.15 bits per heavy atom. The summed E-state index contributed by atoms with van der Waals surface area (Å²) in [7, 11) is 0. The minimum Gasteiger partial charge on any atom is -0.339 e. The van der Waals surface area contributed by atoms with Gasteiger partial charge < -0.3 is 9.42 Å². The Morgan fingerprint density at radius 2 is 1.96 bits per heavy atom. The quantitative estimate of drug-likeness (QED) is 0.642. The van der Waals surface area contributed by atoms with Crippen LogP contribution in [0.1, 0.15) is 23.8 Å². The molecule has 0 aliphatic carbocycles. The van der Waals surface area contributed by atoms with Gasteiger partial charge in [0.25, 0.3) is 0 Å². The van der Waals surface area contributed by atoms with Crippen LogP contribution in [-0.4, -0.2) is 22.6 Å². The topological polar surface area (TPSA) is 59.2 Å². The molecule has 1 fully saturated rings. The van der Waals surface area contributed by atoms with E-state index in [1.807, 2.05) is 37.3 Å². The molecule has 1 amide bonds. The second kappa shape index (κ2) is 6.74. The molecule has 1 atom stereocenters. The van der Waals surface area contributed by atoms with Crippen LogP contribution >= 0.6 is 23.2 Å². The van der Waals surface area contributed by atoms with Crippen molar-refractivity contribution in [1.29, 1.82) is 0 Å². The first-order chi connectivity index (χ1) is 12.5. The predicted molar refractivity (Wildman–Crippen MR) is 101 cm³/mol. The van der Waals surface area contributed by atoms with Crippen molar-refractivity contribution >= 4 is 34.8 Å². The average Bonchev–Trinajstić information content (AvgIpc) is 3.24. The molecular formula is C19H15Cl2N3O2. The van der Waals surface area contributed by atoms with Gasteiger partial charge in [-0.05, 0) is 36.8 Å². The Balaban J connectivity index is 1.59. The van der Waals surface area contributed by atoms with E-state index in [4.69, 9.17) is 27.7 Å². The lowest BCUT2D eigenvalue weighted by molar-refractivity contribution is -0.117. The van der Waals surface area contributed by atoms with Crippen molar-refractivity contribution in [2.45, 2.75) is 19.3 Å². The van der Waals surface area contributed by atoms with Gasteiger partial charge >= 0.3 is 0 Å². The van der Waals surface area contributed by atoms with Gasteiger partial charge in [-0.3, -0.25) is 4.79 Å². The number of halogens is 2. The molecule has 132 valence electrons. The smallest absolute Gasteiger partial charge is 0.232 e. The van der Waals surface area contributed by atoms with Crippen molar-refractivity contribution in [3.05, 3.63) is 64.0 Å². The van der Waals surface area contributed by atoms with Crippen LogP contribution in [0, 0.1) is 6.92 Å². The van der Waals surface area contributed by atoms with E-state index in [2.05, 4.69) is 10.1 Å². The minimum absolute atomic E-state index is 0.0165. The first-order valence-corrected chi connectivity index (χ1v) is 8.93. The Labute approximate surface area is 160 Å². The zero-order chi connectivity index (χ0) is 18.3. The number of carbonyl (C=O) groups is 1. The molecule has 1 aliphatic heterocycles. The molecule has 1 saturated heterocycles. The van der Waals surface area contributed by atoms with E-state index >= 15 is 0 Å². The van der Waals surface area contributed by atoms with Crippen LogP contribution in [0.5, 0.6) is 0 Å². The fourth-order valence-corrected chi connectivity index (χ4v) is 3.48. The van der Waals surface area contributed by atoms with Crippen LogP contribution in [0.3, 0.4) is 0 Å². The number of anilines is 1. The molecular weight excluding hydrogens is 373 g/mol. The van der Waals surface area contributed by atoms with Gasteiger partial charge in [0, 0.05) is 34.3 Å². The molecule has 1 aliphatic rings. The molecule has 0 spiro atoms. The van der Waals surface area contributed by atoms with E-state index in [1.165, 1.54) is 0 Å². The number of aromatic nitrogens is 2. The molecule has 2 aromatic carbocycles. The van der Waals surface area contributed by atoms with E-state index < -0.39 is 0 Å². The number of benzene rings is 2. The predicted octanol–water partition coefficient (Wildman–Crippen LogP) is 4.87. The van der Waals surface area contributed by atoms with Crippen molar-refractivity contribution in [1.82, 2.24) is 10.1 Å². The van der Waals surface area contributed by atoms with Crippen LogP contribution in [-0.2, 0) is 4.79 Å². The molecule has 1 aromatic heterocycles. The van der Waals surface area contributed by atoms with E-state index in [1.54, 1.807) is 17.0 Å². The van der Waals surface area contributed by atoms with Gasteiger partial charge in [-0.25, -0.2) is 0 Å². The number of rotatable bonds is 3. The van der Waals surface area contributed by atoms with Crippen molar-refractivity contribution in [3.63, 3.8) is 0 Å². The highest BCUT2D eigenvalue weighted by Gasteiger charge is 2.35. The number of hydrogen-bond donors (Lipinski definition) is 0. The van der Waals surface area contributed by atoms with E-state index in [-0.39, 0.29) is 11.8 Å². The van der Waals surface area contributed by atoms with Gasteiger partial charge in [-0.1, -0.05) is 46.6 Å². The van der Waals surface area contributed by atoms with Gasteiger partial charge in [0.1, 0.15) is 0 Å². The summed E-state index contributed by atoms with van der Waals surface area (Å²) < 4.78 is 5.42. The summed E-state index contributed by atoms with van der Waals surface area (Å²) in [6.07, 6.45) is 0.323. The Morgan fingerprint density at radius 3 is 2.77 bits per heavy atom. The minimum atomic E-state index is -0.152. The molecule has 7 heteroatoms. The van der Waals surface area contributed by atoms with Crippen LogP contribution < -0.4 is 4.90 Å². The summed E-state index contributed by atoms with van der Waals surface area (Å²) in [5.74, 6) is 0.784. The summed E-state index contributed by atoms with van der Waals surface area (Å²) >= 11 is 12.1. The van der Waals surface area contributed by atoms with Gasteiger partial charge in [0.05, 0.1) is 5.92 Å². The molecule has 0 saturated carbocycles. The maximum atomic E-state index is 12.5. The molecule has 4 rings (SSSR count). The third-order valence-electron chi connectivity index (χ3n) is 4.46. The number of aryl methyl sites for hydroxylation is 1. The van der Waals surface area contributed by atoms with Crippen molar-refractivity contribution < 1.29 is 9.32 Å². The summed E-state index contributed by atoms with van der Waals surface area (Å²) in [6, 6.07) is 12.8. The first-order valence-electron chi connectivity index (χ1n) is 8.17. The normalized spacial score (nSPS) is 17.1. The molecule has 2 heterocycles. The van der Waals surface area contributed by atoms with Gasteiger partial charge in [0.15, 0.2) is 0 Å². The highest BCUT2D eigenvalue weighted by Crippen LogP contribution is 2.34. The molecule has 5 nitrogen and oxygen atoms in total. The average molecular weight is 388 g/mol. The fraction of sp³-hybridized carbons (Fsp3) is 0.211. The van der Waals surface area contributed by atoms with E-state index in [0.717, 1.165) is 16.8 Å². The molecule has 0 radical (unpaired) electrons. The zero-order valence-corrected chi connectivity index (χ0v) is 15.5. The number of carbonyl (C=O) groups excluding carboxylic acids is 1. The third-order valence-corrected chi connectivity index (χ3v) is 4.93. The maximum absolute atomic E-state index is 12.5. The highest BCUT2D eigenvalue weighted by molar-refractivity contribution is 6.31. The van der Waals surface area contributed by atoms with Crippen molar-refractivity contribution in [3.8, 4) is 11.4 Å².